The molecule has 0 heterocycles. The first-order valence-electron chi connectivity index (χ1n) is 5.34. The lowest BCUT2D eigenvalue weighted by molar-refractivity contribution is -0.130. The number of carbonyl (C=O) groups is 1. The Balaban J connectivity index is 2.04. The van der Waals surface area contributed by atoms with Gasteiger partial charge in [-0.05, 0) is 18.4 Å². The fourth-order valence-electron chi connectivity index (χ4n) is 1.70. The van der Waals surface area contributed by atoms with Crippen molar-refractivity contribution in [1.29, 1.82) is 0 Å². The zero-order chi connectivity index (χ0) is 10.7. The van der Waals surface area contributed by atoms with Crippen molar-refractivity contribution in [2.75, 3.05) is 6.54 Å². The van der Waals surface area contributed by atoms with Crippen LogP contribution in [0.4, 0.5) is 0 Å². The zero-order valence-corrected chi connectivity index (χ0v) is 8.73. The number of hydrogen-bond acceptors (Lipinski definition) is 2. The Bertz CT molecular complexity index is 333. The van der Waals surface area contributed by atoms with Gasteiger partial charge in [0.2, 0.25) is 5.91 Å². The maximum atomic E-state index is 11.6. The lowest BCUT2D eigenvalue weighted by Gasteiger charge is -2.21. The van der Waals surface area contributed by atoms with E-state index in [2.05, 4.69) is 0 Å². The molecule has 0 atom stereocenters. The fourth-order valence-corrected chi connectivity index (χ4v) is 1.70. The van der Waals surface area contributed by atoms with E-state index < -0.39 is 0 Å². The Morgan fingerprint density at radius 3 is 2.53 bits per heavy atom. The van der Waals surface area contributed by atoms with Crippen molar-refractivity contribution < 1.29 is 4.79 Å². The second kappa shape index (κ2) is 4.45. The van der Waals surface area contributed by atoms with E-state index in [4.69, 9.17) is 5.73 Å². The highest BCUT2D eigenvalue weighted by Crippen LogP contribution is 2.28. The van der Waals surface area contributed by atoms with Crippen molar-refractivity contribution in [3.05, 3.63) is 35.9 Å². The molecule has 1 aromatic carbocycles. The third-order valence-corrected chi connectivity index (χ3v) is 2.68. The molecule has 0 aromatic heterocycles. The first kappa shape index (κ1) is 10.2. The van der Waals surface area contributed by atoms with E-state index in [0.717, 1.165) is 12.8 Å². The summed E-state index contributed by atoms with van der Waals surface area (Å²) in [5, 5.41) is 0. The van der Waals surface area contributed by atoms with Gasteiger partial charge in [-0.1, -0.05) is 30.3 Å². The first-order valence-corrected chi connectivity index (χ1v) is 5.34. The molecule has 3 nitrogen and oxygen atoms in total. The first-order chi connectivity index (χ1) is 7.31. The molecule has 1 aliphatic rings. The monoisotopic (exact) mass is 204 g/mol. The van der Waals surface area contributed by atoms with Gasteiger partial charge in [-0.15, -0.1) is 0 Å². The molecule has 0 aliphatic heterocycles. The summed E-state index contributed by atoms with van der Waals surface area (Å²) >= 11 is 0. The minimum absolute atomic E-state index is 0.0568. The molecule has 2 N–H and O–H groups in total. The highest BCUT2D eigenvalue weighted by atomic mass is 16.2. The Morgan fingerprint density at radius 1 is 1.33 bits per heavy atom. The van der Waals surface area contributed by atoms with Gasteiger partial charge in [0.15, 0.2) is 0 Å². The van der Waals surface area contributed by atoms with Crippen LogP contribution in [-0.4, -0.2) is 23.4 Å². The molecule has 1 saturated carbocycles. The molecule has 1 aliphatic carbocycles. The molecular weight excluding hydrogens is 188 g/mol. The fraction of sp³-hybridized carbons (Fsp3) is 0.417. The Labute approximate surface area is 89.9 Å². The van der Waals surface area contributed by atoms with Crippen LogP contribution in [0.2, 0.25) is 0 Å². The molecule has 1 amide bonds. The third-order valence-electron chi connectivity index (χ3n) is 2.68. The summed E-state index contributed by atoms with van der Waals surface area (Å²) in [5.74, 6) is 0.0568. The highest BCUT2D eigenvalue weighted by Gasteiger charge is 2.31. The van der Waals surface area contributed by atoms with Gasteiger partial charge in [-0.3, -0.25) is 4.79 Å². The van der Waals surface area contributed by atoms with Gasteiger partial charge in [0, 0.05) is 12.6 Å². The summed E-state index contributed by atoms with van der Waals surface area (Å²) in [6.45, 7) is 0.810. The standard InChI is InChI=1S/C12H16N2O/c13-8-12(15)14(11-6-7-11)9-10-4-2-1-3-5-10/h1-5,11H,6-9,13H2. The Kier molecular flexibility index (Phi) is 3.02. The van der Waals surface area contributed by atoms with Crippen LogP contribution in [-0.2, 0) is 11.3 Å². The average Bonchev–Trinajstić information content (AvgIpc) is 3.10. The van der Waals surface area contributed by atoms with Crippen LogP contribution in [0.25, 0.3) is 0 Å². The van der Waals surface area contributed by atoms with Crippen molar-refractivity contribution in [1.82, 2.24) is 4.90 Å². The van der Waals surface area contributed by atoms with Gasteiger partial charge in [0.25, 0.3) is 0 Å². The van der Waals surface area contributed by atoms with Gasteiger partial charge in [0.1, 0.15) is 0 Å². The predicted molar refractivity (Wildman–Crippen MR) is 59.1 cm³/mol. The van der Waals surface area contributed by atoms with E-state index in [1.165, 1.54) is 5.56 Å². The molecule has 3 heteroatoms. The lowest BCUT2D eigenvalue weighted by atomic mass is 10.2. The number of nitrogens with two attached hydrogens (primary N) is 1. The average molecular weight is 204 g/mol. The molecule has 0 saturated heterocycles. The lowest BCUT2D eigenvalue weighted by Crippen LogP contribution is -2.37. The third kappa shape index (κ3) is 2.57. The number of rotatable bonds is 4. The van der Waals surface area contributed by atoms with Crippen LogP contribution in [0.15, 0.2) is 30.3 Å². The van der Waals surface area contributed by atoms with Gasteiger partial charge in [0.05, 0.1) is 6.54 Å². The largest absolute Gasteiger partial charge is 0.334 e. The number of benzene rings is 1. The molecule has 0 radical (unpaired) electrons. The summed E-state index contributed by atoms with van der Waals surface area (Å²) in [5.41, 5.74) is 6.57. The number of nitrogens with zero attached hydrogens (tertiary/aromatic N) is 1. The van der Waals surface area contributed by atoms with Crippen molar-refractivity contribution in [2.45, 2.75) is 25.4 Å². The minimum Gasteiger partial charge on any atom is -0.334 e. The molecule has 0 spiro atoms. The topological polar surface area (TPSA) is 46.3 Å². The summed E-state index contributed by atoms with van der Waals surface area (Å²) in [7, 11) is 0. The van der Waals surface area contributed by atoms with Crippen molar-refractivity contribution in [3.8, 4) is 0 Å². The van der Waals surface area contributed by atoms with E-state index >= 15 is 0 Å². The molecule has 80 valence electrons. The van der Waals surface area contributed by atoms with Crippen molar-refractivity contribution in [2.24, 2.45) is 5.73 Å². The van der Waals surface area contributed by atoms with E-state index in [0.29, 0.717) is 12.6 Å². The summed E-state index contributed by atoms with van der Waals surface area (Å²) < 4.78 is 0. The molecule has 2 rings (SSSR count). The normalized spacial score (nSPS) is 15.0. The van der Waals surface area contributed by atoms with Crippen LogP contribution < -0.4 is 5.73 Å². The van der Waals surface area contributed by atoms with Gasteiger partial charge in [-0.25, -0.2) is 0 Å². The number of carbonyl (C=O) groups excluding carboxylic acids is 1. The van der Waals surface area contributed by atoms with Crippen LogP contribution in [0, 0.1) is 0 Å². The van der Waals surface area contributed by atoms with E-state index in [1.54, 1.807) is 0 Å². The maximum Gasteiger partial charge on any atom is 0.236 e. The number of amides is 1. The van der Waals surface area contributed by atoms with E-state index in [1.807, 2.05) is 35.2 Å². The van der Waals surface area contributed by atoms with E-state index in [9.17, 15) is 4.79 Å². The maximum absolute atomic E-state index is 11.6. The van der Waals surface area contributed by atoms with Gasteiger partial charge >= 0.3 is 0 Å². The molecule has 0 bridgehead atoms. The van der Waals surface area contributed by atoms with Gasteiger partial charge < -0.3 is 10.6 Å². The summed E-state index contributed by atoms with van der Waals surface area (Å²) in [4.78, 5) is 13.5. The second-order valence-corrected chi connectivity index (χ2v) is 3.94. The second-order valence-electron chi connectivity index (χ2n) is 3.94. The quantitative estimate of drug-likeness (QED) is 0.799. The molecule has 1 aromatic rings. The van der Waals surface area contributed by atoms with Crippen LogP contribution in [0.3, 0.4) is 0 Å². The van der Waals surface area contributed by atoms with Crippen LogP contribution >= 0.6 is 0 Å². The van der Waals surface area contributed by atoms with Crippen LogP contribution in [0.1, 0.15) is 18.4 Å². The highest BCUT2D eigenvalue weighted by molar-refractivity contribution is 5.78. The smallest absolute Gasteiger partial charge is 0.236 e. The van der Waals surface area contributed by atoms with Crippen molar-refractivity contribution in [3.63, 3.8) is 0 Å². The van der Waals surface area contributed by atoms with Crippen LogP contribution in [0.5, 0.6) is 0 Å². The van der Waals surface area contributed by atoms with E-state index in [-0.39, 0.29) is 12.5 Å². The Morgan fingerprint density at radius 2 is 2.00 bits per heavy atom. The SMILES string of the molecule is NCC(=O)N(Cc1ccccc1)C1CC1. The Hall–Kier alpha value is -1.35. The summed E-state index contributed by atoms with van der Waals surface area (Å²) in [6, 6.07) is 10.5. The molecule has 1 fully saturated rings. The summed E-state index contributed by atoms with van der Waals surface area (Å²) in [6.07, 6.45) is 2.25. The molecule has 0 unspecified atom stereocenters. The van der Waals surface area contributed by atoms with Crippen molar-refractivity contribution >= 4 is 5.91 Å². The molecular formula is C12H16N2O. The van der Waals surface area contributed by atoms with Gasteiger partial charge in [-0.2, -0.15) is 0 Å². The minimum atomic E-state index is 0.0568. The zero-order valence-electron chi connectivity index (χ0n) is 8.73. The predicted octanol–water partition coefficient (Wildman–Crippen LogP) is 1.14. The molecule has 15 heavy (non-hydrogen) atoms. The number of hydrogen-bond donors (Lipinski definition) is 1.